The third-order valence-electron chi connectivity index (χ3n) is 8.30. The molecule has 2 aromatic rings. The SMILES string of the molecule is CC[C@]1(O)CCC2C3CCc4c(cc(F)c5[nH]ncc45)C3CC[C@@]21C. The molecule has 4 heteroatoms. The number of hydrogen-bond donors (Lipinski definition) is 2. The molecule has 25 heavy (non-hydrogen) atoms. The van der Waals surface area contributed by atoms with Crippen LogP contribution in [0.2, 0.25) is 0 Å². The number of aryl methyl sites for hydroxylation is 1. The van der Waals surface area contributed by atoms with Crippen molar-refractivity contribution < 1.29 is 9.50 Å². The van der Waals surface area contributed by atoms with Gasteiger partial charge in [0.2, 0.25) is 0 Å². The van der Waals surface area contributed by atoms with Gasteiger partial charge in [0.25, 0.3) is 0 Å². The van der Waals surface area contributed by atoms with Gasteiger partial charge in [-0.25, -0.2) is 4.39 Å². The summed E-state index contributed by atoms with van der Waals surface area (Å²) in [6, 6.07) is 1.77. The molecule has 3 aliphatic rings. The topological polar surface area (TPSA) is 48.9 Å². The first-order valence-corrected chi connectivity index (χ1v) is 9.85. The molecule has 3 aliphatic carbocycles. The van der Waals surface area contributed by atoms with Crippen LogP contribution in [0, 0.1) is 23.1 Å². The maximum absolute atomic E-state index is 14.6. The molecule has 5 rings (SSSR count). The van der Waals surface area contributed by atoms with Crippen molar-refractivity contribution in [1.29, 1.82) is 0 Å². The predicted molar refractivity (Wildman–Crippen MR) is 95.9 cm³/mol. The van der Waals surface area contributed by atoms with E-state index in [9.17, 15) is 9.50 Å². The number of fused-ring (bicyclic) bond motifs is 7. The van der Waals surface area contributed by atoms with Gasteiger partial charge in [0.1, 0.15) is 11.3 Å². The molecule has 0 aliphatic heterocycles. The van der Waals surface area contributed by atoms with E-state index in [0.29, 0.717) is 23.3 Å². The first kappa shape index (κ1) is 15.8. The van der Waals surface area contributed by atoms with E-state index in [1.807, 2.05) is 0 Å². The third-order valence-corrected chi connectivity index (χ3v) is 8.30. The van der Waals surface area contributed by atoms with Crippen molar-refractivity contribution in [3.8, 4) is 0 Å². The molecule has 1 heterocycles. The van der Waals surface area contributed by atoms with E-state index >= 15 is 0 Å². The second kappa shape index (κ2) is 5.06. The highest BCUT2D eigenvalue weighted by atomic mass is 19.1. The average molecular weight is 342 g/mol. The molecule has 2 fully saturated rings. The molecule has 134 valence electrons. The van der Waals surface area contributed by atoms with Crippen LogP contribution < -0.4 is 0 Å². The summed E-state index contributed by atoms with van der Waals surface area (Å²) < 4.78 is 14.6. The van der Waals surface area contributed by atoms with Crippen LogP contribution in [-0.4, -0.2) is 20.9 Å². The van der Waals surface area contributed by atoms with Gasteiger partial charge >= 0.3 is 0 Å². The summed E-state index contributed by atoms with van der Waals surface area (Å²) in [7, 11) is 0. The first-order valence-electron chi connectivity index (χ1n) is 9.85. The molecule has 0 bridgehead atoms. The normalized spacial score (nSPS) is 39.9. The van der Waals surface area contributed by atoms with Crippen LogP contribution >= 0.6 is 0 Å². The lowest BCUT2D eigenvalue weighted by molar-refractivity contribution is -0.104. The Labute approximate surface area is 148 Å². The van der Waals surface area contributed by atoms with E-state index in [4.69, 9.17) is 0 Å². The Bertz CT molecular complexity index is 846. The molecule has 0 amide bonds. The summed E-state index contributed by atoms with van der Waals surface area (Å²) in [6.45, 7) is 4.45. The van der Waals surface area contributed by atoms with Crippen LogP contribution in [0.3, 0.4) is 0 Å². The highest BCUT2D eigenvalue weighted by molar-refractivity contribution is 5.84. The fraction of sp³-hybridized carbons (Fsp3) is 0.667. The molecule has 1 aromatic heterocycles. The van der Waals surface area contributed by atoms with Crippen molar-refractivity contribution in [2.45, 2.75) is 70.3 Å². The van der Waals surface area contributed by atoms with Crippen LogP contribution in [0.15, 0.2) is 12.3 Å². The Morgan fingerprint density at radius 1 is 1.32 bits per heavy atom. The fourth-order valence-corrected chi connectivity index (χ4v) is 6.84. The van der Waals surface area contributed by atoms with E-state index in [1.165, 1.54) is 11.1 Å². The number of hydrogen-bond acceptors (Lipinski definition) is 2. The zero-order valence-electron chi connectivity index (χ0n) is 15.1. The number of nitrogens with zero attached hydrogens (tertiary/aromatic N) is 1. The third kappa shape index (κ3) is 1.87. The number of aliphatic hydroxyl groups is 1. The Balaban J connectivity index is 1.59. The highest BCUT2D eigenvalue weighted by Gasteiger charge is 2.60. The molecule has 0 saturated heterocycles. The quantitative estimate of drug-likeness (QED) is 0.789. The van der Waals surface area contributed by atoms with Gasteiger partial charge in [0, 0.05) is 5.39 Å². The molecule has 3 nitrogen and oxygen atoms in total. The van der Waals surface area contributed by atoms with E-state index in [1.54, 1.807) is 12.3 Å². The number of aromatic nitrogens is 2. The van der Waals surface area contributed by atoms with Crippen molar-refractivity contribution in [3.63, 3.8) is 0 Å². The lowest BCUT2D eigenvalue weighted by atomic mass is 9.53. The van der Waals surface area contributed by atoms with Gasteiger partial charge in [-0.3, -0.25) is 5.10 Å². The number of rotatable bonds is 1. The number of H-pyrrole nitrogens is 1. The van der Waals surface area contributed by atoms with Crippen LogP contribution in [0.5, 0.6) is 0 Å². The molecule has 0 radical (unpaired) electrons. The zero-order chi connectivity index (χ0) is 17.4. The lowest BCUT2D eigenvalue weighted by Crippen LogP contribution is -2.50. The van der Waals surface area contributed by atoms with Gasteiger partial charge in [0.15, 0.2) is 0 Å². The second-order valence-electron chi connectivity index (χ2n) is 8.88. The average Bonchev–Trinajstić information content (AvgIpc) is 3.19. The zero-order valence-corrected chi connectivity index (χ0v) is 15.1. The van der Waals surface area contributed by atoms with E-state index in [2.05, 4.69) is 24.0 Å². The molecule has 3 unspecified atom stereocenters. The summed E-state index contributed by atoms with van der Waals surface area (Å²) in [5.41, 5.74) is 2.59. The molecule has 2 N–H and O–H groups in total. The van der Waals surface area contributed by atoms with Crippen molar-refractivity contribution in [2.75, 3.05) is 0 Å². The van der Waals surface area contributed by atoms with Crippen molar-refractivity contribution in [3.05, 3.63) is 29.2 Å². The molecule has 1 aromatic carbocycles. The van der Waals surface area contributed by atoms with Crippen LogP contribution in [0.1, 0.15) is 69.4 Å². The van der Waals surface area contributed by atoms with E-state index < -0.39 is 5.60 Å². The Kier molecular flexibility index (Phi) is 3.20. The standard InChI is InChI=1S/C21H27FN2O/c1-3-21(25)9-7-17-14-5-4-12-15(13(14)6-8-20(17,21)2)10-18(22)19-16(12)11-23-24-19/h10-11,13-14,17,25H,3-9H2,1-2H3,(H,23,24)/t13?,14?,17?,20-,21-/m0/s1. The van der Waals surface area contributed by atoms with Crippen LogP contribution in [0.4, 0.5) is 4.39 Å². The summed E-state index contributed by atoms with van der Waals surface area (Å²) in [4.78, 5) is 0. The van der Waals surface area contributed by atoms with Gasteiger partial charge < -0.3 is 5.11 Å². The highest BCUT2D eigenvalue weighted by Crippen LogP contribution is 2.65. The van der Waals surface area contributed by atoms with Crippen molar-refractivity contribution >= 4 is 10.9 Å². The van der Waals surface area contributed by atoms with Crippen molar-refractivity contribution in [1.82, 2.24) is 10.2 Å². The smallest absolute Gasteiger partial charge is 0.149 e. The maximum Gasteiger partial charge on any atom is 0.149 e. The number of halogens is 1. The molecular formula is C21H27FN2O. The number of benzene rings is 1. The summed E-state index contributed by atoms with van der Waals surface area (Å²) in [5.74, 6) is 1.41. The second-order valence-corrected chi connectivity index (χ2v) is 8.88. The minimum atomic E-state index is -0.511. The monoisotopic (exact) mass is 342 g/mol. The largest absolute Gasteiger partial charge is 0.389 e. The maximum atomic E-state index is 14.6. The summed E-state index contributed by atoms with van der Waals surface area (Å²) in [5, 5.41) is 19.1. The lowest BCUT2D eigenvalue weighted by Gasteiger charge is -2.53. The van der Waals surface area contributed by atoms with Gasteiger partial charge in [-0.05, 0) is 85.3 Å². The van der Waals surface area contributed by atoms with E-state index in [0.717, 1.165) is 50.3 Å². The summed E-state index contributed by atoms with van der Waals surface area (Å²) >= 11 is 0. The Hall–Kier alpha value is -1.42. The minimum Gasteiger partial charge on any atom is -0.389 e. The van der Waals surface area contributed by atoms with Crippen LogP contribution in [0.25, 0.3) is 10.9 Å². The number of aromatic amines is 1. The summed E-state index contributed by atoms with van der Waals surface area (Å²) in [6.07, 6.45) is 8.95. The van der Waals surface area contributed by atoms with Gasteiger partial charge in [-0.1, -0.05) is 13.8 Å². The predicted octanol–water partition coefficient (Wildman–Crippen LogP) is 4.70. The van der Waals surface area contributed by atoms with Gasteiger partial charge in [-0.2, -0.15) is 5.10 Å². The van der Waals surface area contributed by atoms with Gasteiger partial charge in [-0.15, -0.1) is 0 Å². The van der Waals surface area contributed by atoms with Crippen LogP contribution in [-0.2, 0) is 6.42 Å². The van der Waals surface area contributed by atoms with E-state index in [-0.39, 0.29) is 11.2 Å². The molecular weight excluding hydrogens is 315 g/mol. The Morgan fingerprint density at radius 2 is 2.16 bits per heavy atom. The number of nitrogens with one attached hydrogen (secondary N) is 1. The molecule has 2 saturated carbocycles. The van der Waals surface area contributed by atoms with Crippen molar-refractivity contribution in [2.24, 2.45) is 17.3 Å². The minimum absolute atomic E-state index is 0.0265. The molecule has 5 atom stereocenters. The van der Waals surface area contributed by atoms with Gasteiger partial charge in [0.05, 0.1) is 11.8 Å². The fourth-order valence-electron chi connectivity index (χ4n) is 6.84. The first-order chi connectivity index (χ1) is 12.0. The molecule has 0 spiro atoms. The Morgan fingerprint density at radius 3 is 2.96 bits per heavy atom.